The van der Waals surface area contributed by atoms with Crippen LogP contribution in [0.1, 0.15) is 18.1 Å². The second-order valence-corrected chi connectivity index (χ2v) is 2.84. The SMILES string of the molecule is O=C(O)CC(C(=O)C(=O)O)c1ccco1. The van der Waals surface area contributed by atoms with Crippen molar-refractivity contribution in [2.75, 3.05) is 0 Å². The number of ketones is 1. The second kappa shape index (κ2) is 4.41. The molecule has 15 heavy (non-hydrogen) atoms. The van der Waals surface area contributed by atoms with E-state index in [0.717, 1.165) is 0 Å². The zero-order valence-corrected chi connectivity index (χ0v) is 7.54. The Morgan fingerprint density at radius 3 is 2.40 bits per heavy atom. The van der Waals surface area contributed by atoms with Crippen LogP contribution in [0, 0.1) is 0 Å². The van der Waals surface area contributed by atoms with Gasteiger partial charge in [-0.1, -0.05) is 0 Å². The summed E-state index contributed by atoms with van der Waals surface area (Å²) in [5.41, 5.74) is 0. The summed E-state index contributed by atoms with van der Waals surface area (Å²) in [6.07, 6.45) is 0.651. The minimum atomic E-state index is -1.67. The minimum Gasteiger partial charge on any atom is -0.481 e. The normalized spacial score (nSPS) is 12.0. The third-order valence-electron chi connectivity index (χ3n) is 1.79. The van der Waals surface area contributed by atoms with Crippen LogP contribution in [-0.2, 0) is 14.4 Å². The smallest absolute Gasteiger partial charge is 0.372 e. The number of hydrogen-bond donors (Lipinski definition) is 2. The van der Waals surface area contributed by atoms with Gasteiger partial charge in [-0.25, -0.2) is 4.79 Å². The monoisotopic (exact) mass is 212 g/mol. The molecule has 2 N–H and O–H groups in total. The molecule has 0 bridgehead atoms. The van der Waals surface area contributed by atoms with Crippen LogP contribution in [0.25, 0.3) is 0 Å². The average molecular weight is 212 g/mol. The molecule has 0 saturated carbocycles. The molecule has 0 amide bonds. The van der Waals surface area contributed by atoms with Gasteiger partial charge in [0.25, 0.3) is 5.78 Å². The molecule has 1 rings (SSSR count). The third kappa shape index (κ3) is 2.67. The molecule has 1 atom stereocenters. The van der Waals surface area contributed by atoms with Crippen LogP contribution in [0.3, 0.4) is 0 Å². The lowest BCUT2D eigenvalue weighted by molar-refractivity contribution is -0.151. The Morgan fingerprint density at radius 2 is 2.00 bits per heavy atom. The fraction of sp³-hybridized carbons (Fsp3) is 0.222. The lowest BCUT2D eigenvalue weighted by atomic mass is 9.97. The van der Waals surface area contributed by atoms with Crippen molar-refractivity contribution < 1.29 is 29.0 Å². The molecule has 0 fully saturated rings. The Morgan fingerprint density at radius 1 is 1.33 bits per heavy atom. The van der Waals surface area contributed by atoms with Gasteiger partial charge in [0, 0.05) is 0 Å². The van der Waals surface area contributed by atoms with Crippen LogP contribution >= 0.6 is 0 Å². The Balaban J connectivity index is 2.93. The van der Waals surface area contributed by atoms with Gasteiger partial charge >= 0.3 is 11.9 Å². The summed E-state index contributed by atoms with van der Waals surface area (Å²) >= 11 is 0. The van der Waals surface area contributed by atoms with Crippen molar-refractivity contribution in [2.45, 2.75) is 12.3 Å². The summed E-state index contributed by atoms with van der Waals surface area (Å²) < 4.78 is 4.82. The fourth-order valence-corrected chi connectivity index (χ4v) is 1.14. The largest absolute Gasteiger partial charge is 0.481 e. The van der Waals surface area contributed by atoms with Crippen molar-refractivity contribution in [1.82, 2.24) is 0 Å². The summed E-state index contributed by atoms with van der Waals surface area (Å²) in [7, 11) is 0. The average Bonchev–Trinajstić information content (AvgIpc) is 2.65. The second-order valence-electron chi connectivity index (χ2n) is 2.84. The van der Waals surface area contributed by atoms with Crippen LogP contribution in [0.4, 0.5) is 0 Å². The highest BCUT2D eigenvalue weighted by Crippen LogP contribution is 2.21. The van der Waals surface area contributed by atoms with Gasteiger partial charge in [0.1, 0.15) is 5.76 Å². The third-order valence-corrected chi connectivity index (χ3v) is 1.79. The van der Waals surface area contributed by atoms with E-state index in [2.05, 4.69) is 0 Å². The Hall–Kier alpha value is -2.11. The molecule has 0 radical (unpaired) electrons. The Bertz CT molecular complexity index is 377. The fourth-order valence-electron chi connectivity index (χ4n) is 1.14. The number of carboxylic acid groups (broad SMARTS) is 2. The van der Waals surface area contributed by atoms with Crippen LogP contribution in [0.15, 0.2) is 22.8 Å². The number of furan rings is 1. The molecule has 80 valence electrons. The highest BCUT2D eigenvalue weighted by Gasteiger charge is 2.30. The number of carbonyl (C=O) groups is 3. The maximum absolute atomic E-state index is 11.2. The molecule has 0 aliphatic rings. The number of aliphatic carboxylic acids is 2. The number of carbonyl (C=O) groups excluding carboxylic acids is 1. The van der Waals surface area contributed by atoms with Crippen molar-refractivity contribution in [3.05, 3.63) is 24.2 Å². The molecule has 1 aromatic heterocycles. The van der Waals surface area contributed by atoms with E-state index >= 15 is 0 Å². The standard InChI is InChI=1S/C9H8O6/c10-7(11)4-5(8(12)9(13)14)6-2-1-3-15-6/h1-3,5H,4H2,(H,10,11)(H,13,14). The van der Waals surface area contributed by atoms with Gasteiger partial charge in [0.2, 0.25) is 0 Å². The van der Waals surface area contributed by atoms with Gasteiger partial charge in [-0.05, 0) is 12.1 Å². The highest BCUT2D eigenvalue weighted by molar-refractivity contribution is 6.35. The van der Waals surface area contributed by atoms with Crippen molar-refractivity contribution in [3.8, 4) is 0 Å². The molecule has 1 aromatic rings. The zero-order valence-electron chi connectivity index (χ0n) is 7.54. The van der Waals surface area contributed by atoms with Gasteiger partial charge in [-0.15, -0.1) is 0 Å². The molecule has 6 nitrogen and oxygen atoms in total. The maximum atomic E-state index is 11.2. The topological polar surface area (TPSA) is 105 Å². The first kappa shape index (κ1) is 11.0. The summed E-state index contributed by atoms with van der Waals surface area (Å²) in [6, 6.07) is 2.83. The summed E-state index contributed by atoms with van der Waals surface area (Å²) in [4.78, 5) is 32.0. The van der Waals surface area contributed by atoms with Crippen molar-refractivity contribution in [2.24, 2.45) is 0 Å². The minimum absolute atomic E-state index is 0.0461. The first-order valence-electron chi connectivity index (χ1n) is 4.04. The van der Waals surface area contributed by atoms with Crippen molar-refractivity contribution in [1.29, 1.82) is 0 Å². The van der Waals surface area contributed by atoms with Crippen LogP contribution < -0.4 is 0 Å². The molecule has 1 heterocycles. The predicted molar refractivity (Wildman–Crippen MR) is 46.3 cm³/mol. The van der Waals surface area contributed by atoms with E-state index in [4.69, 9.17) is 14.6 Å². The van der Waals surface area contributed by atoms with E-state index < -0.39 is 30.1 Å². The number of rotatable bonds is 5. The van der Waals surface area contributed by atoms with E-state index in [1.54, 1.807) is 0 Å². The van der Waals surface area contributed by atoms with E-state index in [0.29, 0.717) is 0 Å². The molecule has 6 heteroatoms. The molecule has 0 saturated heterocycles. The van der Waals surface area contributed by atoms with Crippen molar-refractivity contribution in [3.63, 3.8) is 0 Å². The highest BCUT2D eigenvalue weighted by atomic mass is 16.4. The maximum Gasteiger partial charge on any atom is 0.372 e. The first-order chi connectivity index (χ1) is 7.02. The molecule has 0 aliphatic carbocycles. The summed E-state index contributed by atoms with van der Waals surface area (Å²) in [5, 5.41) is 17.0. The molecular formula is C9H8O6. The van der Waals surface area contributed by atoms with Gasteiger partial charge in [0.05, 0.1) is 18.6 Å². The zero-order chi connectivity index (χ0) is 11.4. The van der Waals surface area contributed by atoms with E-state index in [1.807, 2.05) is 0 Å². The lowest BCUT2D eigenvalue weighted by Crippen LogP contribution is -2.23. The van der Waals surface area contributed by atoms with Crippen molar-refractivity contribution >= 4 is 17.7 Å². The first-order valence-corrected chi connectivity index (χ1v) is 4.04. The quantitative estimate of drug-likeness (QED) is 0.688. The predicted octanol–water partition coefficient (Wildman–Crippen LogP) is 0.492. The Kier molecular flexibility index (Phi) is 3.22. The summed E-state index contributed by atoms with van der Waals surface area (Å²) in [6.45, 7) is 0. The van der Waals surface area contributed by atoms with Crippen LogP contribution in [0.2, 0.25) is 0 Å². The van der Waals surface area contributed by atoms with E-state index in [-0.39, 0.29) is 5.76 Å². The molecule has 0 spiro atoms. The van der Waals surface area contributed by atoms with Gasteiger partial charge in [0.15, 0.2) is 0 Å². The van der Waals surface area contributed by atoms with Gasteiger partial charge in [-0.3, -0.25) is 9.59 Å². The summed E-state index contributed by atoms with van der Waals surface area (Å²) in [5.74, 6) is -5.34. The molecule has 0 aromatic carbocycles. The van der Waals surface area contributed by atoms with Crippen LogP contribution in [-0.4, -0.2) is 27.9 Å². The molecule has 0 aliphatic heterocycles. The van der Waals surface area contributed by atoms with Crippen LogP contribution in [0.5, 0.6) is 0 Å². The molecular weight excluding hydrogens is 204 g/mol. The number of Topliss-reactive ketones (excluding diaryl/α,β-unsaturated/α-hetero) is 1. The van der Waals surface area contributed by atoms with Gasteiger partial charge < -0.3 is 14.6 Å². The lowest BCUT2D eigenvalue weighted by Gasteiger charge is -2.07. The van der Waals surface area contributed by atoms with Gasteiger partial charge in [-0.2, -0.15) is 0 Å². The Labute approximate surface area is 84.1 Å². The number of carboxylic acids is 2. The molecule has 1 unspecified atom stereocenters. The van der Waals surface area contributed by atoms with E-state index in [1.165, 1.54) is 18.4 Å². The van der Waals surface area contributed by atoms with E-state index in [9.17, 15) is 14.4 Å². The number of hydrogen-bond acceptors (Lipinski definition) is 4.